The van der Waals surface area contributed by atoms with E-state index in [-0.39, 0.29) is 11.0 Å². The highest BCUT2D eigenvalue weighted by Gasteiger charge is 2.61. The van der Waals surface area contributed by atoms with Gasteiger partial charge in [0.1, 0.15) is 17.0 Å². The molecule has 1 spiro atoms. The Morgan fingerprint density at radius 2 is 2.00 bits per heavy atom. The number of nitrogens with zero attached hydrogens (tertiary/aromatic N) is 8. The first-order valence-corrected chi connectivity index (χ1v) is 9.90. The first-order valence-electron chi connectivity index (χ1n) is 9.90. The molecule has 0 aromatic carbocycles. The lowest BCUT2D eigenvalue weighted by atomic mass is 9.56. The van der Waals surface area contributed by atoms with Gasteiger partial charge in [0, 0.05) is 48.9 Å². The molecule has 6 rings (SSSR count). The van der Waals surface area contributed by atoms with Crippen LogP contribution in [0.3, 0.4) is 0 Å². The predicted molar refractivity (Wildman–Crippen MR) is 108 cm³/mol. The minimum atomic E-state index is -0.251. The van der Waals surface area contributed by atoms with Crippen molar-refractivity contribution in [2.45, 2.75) is 18.4 Å². The number of hydrogen-bond acceptors (Lipinski definition) is 5. The second-order valence-electron chi connectivity index (χ2n) is 8.58. The van der Waals surface area contributed by atoms with Crippen molar-refractivity contribution in [3.8, 4) is 22.6 Å². The number of hydrogen-bond donors (Lipinski definition) is 0. The van der Waals surface area contributed by atoms with Crippen molar-refractivity contribution >= 4 is 5.65 Å². The fraction of sp³-hybridized carbons (Fsp3) is 0.381. The lowest BCUT2D eigenvalue weighted by Crippen LogP contribution is -2.63. The fourth-order valence-electron chi connectivity index (χ4n) is 4.96. The van der Waals surface area contributed by atoms with Crippen LogP contribution in [-0.2, 0) is 17.3 Å². The minimum Gasteiger partial charge on any atom is -0.380 e. The van der Waals surface area contributed by atoms with E-state index in [4.69, 9.17) is 16.3 Å². The van der Waals surface area contributed by atoms with Gasteiger partial charge >= 0.3 is 0 Å². The average molecular weight is 400 g/mol. The molecule has 1 saturated carbocycles. The summed E-state index contributed by atoms with van der Waals surface area (Å²) in [5.41, 5.74) is 3.46. The maximum absolute atomic E-state index is 7.45. The van der Waals surface area contributed by atoms with Crippen molar-refractivity contribution < 1.29 is 4.74 Å². The molecule has 0 radical (unpaired) electrons. The lowest BCUT2D eigenvalue weighted by molar-refractivity contribution is -0.203. The van der Waals surface area contributed by atoms with Gasteiger partial charge in [-0.15, -0.1) is 0 Å². The molecule has 9 nitrogen and oxygen atoms in total. The first kappa shape index (κ1) is 17.4. The molecule has 0 atom stereocenters. The molecule has 1 aliphatic heterocycles. The summed E-state index contributed by atoms with van der Waals surface area (Å²) < 4.78 is 11.1. The van der Waals surface area contributed by atoms with Crippen molar-refractivity contribution in [2.24, 2.45) is 12.5 Å². The summed E-state index contributed by atoms with van der Waals surface area (Å²) in [6, 6.07) is 1.96. The zero-order valence-electron chi connectivity index (χ0n) is 16.6. The van der Waals surface area contributed by atoms with Gasteiger partial charge in [0.2, 0.25) is 6.54 Å². The summed E-state index contributed by atoms with van der Waals surface area (Å²) in [7, 11) is 1.89. The Morgan fingerprint density at radius 1 is 1.17 bits per heavy atom. The Bertz CT molecular complexity index is 1290. The van der Waals surface area contributed by atoms with E-state index in [1.807, 2.05) is 47.0 Å². The third kappa shape index (κ3) is 2.44. The largest absolute Gasteiger partial charge is 0.380 e. The highest BCUT2D eigenvalue weighted by atomic mass is 16.5. The number of ether oxygens (including phenoxy) is 1. The fourth-order valence-corrected chi connectivity index (χ4v) is 4.96. The summed E-state index contributed by atoms with van der Waals surface area (Å²) in [5, 5.41) is 8.93. The molecule has 30 heavy (non-hydrogen) atoms. The summed E-state index contributed by atoms with van der Waals surface area (Å²) in [6.07, 6.45) is 13.1. The highest BCUT2D eigenvalue weighted by Crippen LogP contribution is 2.57. The van der Waals surface area contributed by atoms with Gasteiger partial charge in [0.25, 0.3) is 0 Å². The third-order valence-electron chi connectivity index (χ3n) is 6.32. The van der Waals surface area contributed by atoms with E-state index in [1.165, 1.54) is 0 Å². The minimum absolute atomic E-state index is 0.243. The highest BCUT2D eigenvalue weighted by molar-refractivity contribution is 5.68. The van der Waals surface area contributed by atoms with Gasteiger partial charge in [-0.05, 0) is 12.8 Å². The number of aryl methyl sites for hydroxylation is 1. The monoisotopic (exact) mass is 400 g/mol. The van der Waals surface area contributed by atoms with Crippen molar-refractivity contribution in [3.05, 3.63) is 54.7 Å². The number of imidazole rings is 1. The molecular weight excluding hydrogens is 380 g/mol. The van der Waals surface area contributed by atoms with E-state index in [2.05, 4.69) is 20.0 Å². The van der Waals surface area contributed by atoms with Crippen LogP contribution in [-0.4, -0.2) is 53.7 Å². The summed E-state index contributed by atoms with van der Waals surface area (Å²) in [5.74, 6) is 0.772. The van der Waals surface area contributed by atoms with Gasteiger partial charge in [-0.1, -0.05) is 0 Å². The van der Waals surface area contributed by atoms with Gasteiger partial charge in [0.05, 0.1) is 36.9 Å². The van der Waals surface area contributed by atoms with Crippen LogP contribution in [0.25, 0.3) is 33.1 Å². The predicted octanol–water partition coefficient (Wildman–Crippen LogP) is 2.42. The van der Waals surface area contributed by atoms with E-state index in [9.17, 15) is 0 Å². The van der Waals surface area contributed by atoms with E-state index in [0.717, 1.165) is 54.3 Å². The molecule has 4 aromatic rings. The molecule has 0 bridgehead atoms. The van der Waals surface area contributed by atoms with Gasteiger partial charge in [-0.25, -0.2) is 16.5 Å². The Labute approximate surface area is 172 Å². The molecule has 0 N–H and O–H groups in total. The van der Waals surface area contributed by atoms with Crippen LogP contribution in [0.2, 0.25) is 0 Å². The summed E-state index contributed by atoms with van der Waals surface area (Å²) in [4.78, 5) is 13.1. The maximum Gasteiger partial charge on any atom is 0.239 e. The molecule has 5 heterocycles. The van der Waals surface area contributed by atoms with Crippen molar-refractivity contribution in [2.75, 3.05) is 19.8 Å². The van der Waals surface area contributed by atoms with E-state index >= 15 is 0 Å². The normalized spacial score (nSPS) is 18.8. The molecule has 4 aromatic heterocycles. The number of fused-ring (bicyclic) bond motifs is 1. The Morgan fingerprint density at radius 3 is 2.70 bits per heavy atom. The first-order chi connectivity index (χ1) is 14.6. The molecular formula is C21H20N8O. The molecule has 150 valence electrons. The molecule has 0 amide bonds. The topological polar surface area (TPSA) is 79.4 Å². The second-order valence-corrected chi connectivity index (χ2v) is 8.58. The number of rotatable bonds is 4. The van der Waals surface area contributed by atoms with Crippen molar-refractivity contribution in [3.63, 3.8) is 0 Å². The van der Waals surface area contributed by atoms with Gasteiger partial charge in [0.15, 0.2) is 0 Å². The van der Waals surface area contributed by atoms with E-state index < -0.39 is 0 Å². The zero-order chi connectivity index (χ0) is 20.3. The van der Waals surface area contributed by atoms with Crippen molar-refractivity contribution in [1.29, 1.82) is 0 Å². The maximum atomic E-state index is 7.45. The Kier molecular flexibility index (Phi) is 3.47. The van der Waals surface area contributed by atoms with Crippen LogP contribution in [0.5, 0.6) is 0 Å². The Hall–Kier alpha value is -3.51. The number of aromatic nitrogens is 7. The lowest BCUT2D eigenvalue weighted by Gasteiger charge is -2.57. The van der Waals surface area contributed by atoms with Gasteiger partial charge in [-0.3, -0.25) is 13.8 Å². The molecule has 9 heteroatoms. The van der Waals surface area contributed by atoms with Crippen LogP contribution in [0.1, 0.15) is 12.8 Å². The molecule has 0 unspecified atom stereocenters. The zero-order valence-corrected chi connectivity index (χ0v) is 16.6. The van der Waals surface area contributed by atoms with E-state index in [0.29, 0.717) is 6.54 Å². The van der Waals surface area contributed by atoms with Crippen LogP contribution in [0, 0.1) is 12.0 Å². The third-order valence-corrected chi connectivity index (χ3v) is 6.32. The SMILES string of the molecule is [C-]#[N+]CC1(n2cc(-c3nc(-c4cnn(C)c4)cc4nccn34)cn2)CC2(COC2)C1. The molecule has 1 aliphatic carbocycles. The summed E-state index contributed by atoms with van der Waals surface area (Å²) in [6.45, 7) is 9.48. The van der Waals surface area contributed by atoms with Crippen LogP contribution < -0.4 is 0 Å². The average Bonchev–Trinajstić information content (AvgIpc) is 3.42. The summed E-state index contributed by atoms with van der Waals surface area (Å²) >= 11 is 0. The van der Waals surface area contributed by atoms with Crippen LogP contribution in [0.15, 0.2) is 43.2 Å². The van der Waals surface area contributed by atoms with Crippen LogP contribution in [0.4, 0.5) is 0 Å². The van der Waals surface area contributed by atoms with E-state index in [1.54, 1.807) is 17.1 Å². The molecule has 1 saturated heterocycles. The van der Waals surface area contributed by atoms with Gasteiger partial charge < -0.3 is 9.58 Å². The quantitative estimate of drug-likeness (QED) is 0.492. The van der Waals surface area contributed by atoms with Crippen LogP contribution >= 0.6 is 0 Å². The molecule has 2 aliphatic rings. The standard InChI is InChI=1S/C21H20N8O/c1-22-12-21(10-20(11-21)13-30-14-20)29-9-16(7-25-29)19-26-17(15-6-24-27(2)8-15)5-18-23-3-4-28(18)19/h3-9H,10-14H2,2H3. The smallest absolute Gasteiger partial charge is 0.239 e. The second kappa shape index (κ2) is 6.00. The van der Waals surface area contributed by atoms with Crippen molar-refractivity contribution in [1.82, 2.24) is 33.9 Å². The molecule has 2 fully saturated rings. The Balaban J connectivity index is 1.42. The van der Waals surface area contributed by atoms with Gasteiger partial charge in [-0.2, -0.15) is 10.2 Å².